The van der Waals surface area contributed by atoms with Gasteiger partial charge in [0.1, 0.15) is 11.9 Å². The van der Waals surface area contributed by atoms with Crippen LogP contribution in [0.25, 0.3) is 22.0 Å². The number of fused-ring (bicyclic) bond motifs is 3. The Hall–Kier alpha value is -3.06. The van der Waals surface area contributed by atoms with Gasteiger partial charge in [0.05, 0.1) is 24.1 Å². The number of halogens is 1. The van der Waals surface area contributed by atoms with Crippen LogP contribution in [0.15, 0.2) is 55.1 Å². The van der Waals surface area contributed by atoms with E-state index in [1.165, 1.54) is 12.4 Å². The van der Waals surface area contributed by atoms with E-state index < -0.39 is 12.3 Å². The van der Waals surface area contributed by atoms with Crippen LogP contribution in [0.1, 0.15) is 13.3 Å². The molecule has 1 aromatic carbocycles. The Labute approximate surface area is 161 Å². The first kappa shape index (κ1) is 17.1. The number of aromatic hydroxyl groups is 1. The lowest BCUT2D eigenvalue weighted by molar-refractivity contribution is 0.0298. The Morgan fingerprint density at radius 1 is 1.21 bits per heavy atom. The Bertz CT molecular complexity index is 1070. The van der Waals surface area contributed by atoms with Gasteiger partial charge in [0.2, 0.25) is 5.88 Å². The van der Waals surface area contributed by atoms with Gasteiger partial charge in [0, 0.05) is 35.3 Å². The van der Waals surface area contributed by atoms with E-state index in [0.29, 0.717) is 17.7 Å². The Balaban J connectivity index is 1.39. The van der Waals surface area contributed by atoms with Crippen molar-refractivity contribution >= 4 is 10.8 Å². The normalized spacial score (nSPS) is 28.6. The molecule has 0 unspecified atom stereocenters. The predicted octanol–water partition coefficient (Wildman–Crippen LogP) is 3.17. The van der Waals surface area contributed by atoms with E-state index in [1.807, 2.05) is 31.2 Å². The molecule has 2 aliphatic rings. The summed E-state index contributed by atoms with van der Waals surface area (Å²) in [6, 6.07) is 5.02. The van der Waals surface area contributed by atoms with E-state index in [2.05, 4.69) is 20.3 Å². The van der Waals surface area contributed by atoms with Crippen LogP contribution in [-0.4, -0.2) is 43.9 Å². The molecule has 3 aromatic rings. The van der Waals surface area contributed by atoms with Gasteiger partial charge in [0.25, 0.3) is 0 Å². The van der Waals surface area contributed by atoms with Crippen LogP contribution >= 0.6 is 0 Å². The lowest BCUT2D eigenvalue weighted by Crippen LogP contribution is -2.57. The molecular weight excluding hydrogens is 359 g/mol. The lowest BCUT2D eigenvalue weighted by atomic mass is 9.90. The van der Waals surface area contributed by atoms with Crippen molar-refractivity contribution in [3.8, 4) is 22.9 Å². The summed E-state index contributed by atoms with van der Waals surface area (Å²) >= 11 is 0. The van der Waals surface area contributed by atoms with E-state index in [0.717, 1.165) is 10.8 Å². The molecule has 1 saturated heterocycles. The minimum Gasteiger partial charge on any atom is -0.507 e. The number of phenolic OH excluding ortho intramolecular Hbond substituents is 1. The zero-order valence-corrected chi connectivity index (χ0v) is 15.2. The predicted molar refractivity (Wildman–Crippen MR) is 103 cm³/mol. The van der Waals surface area contributed by atoms with E-state index in [4.69, 9.17) is 4.74 Å². The second-order valence-corrected chi connectivity index (χ2v) is 7.58. The molecule has 0 saturated carbocycles. The maximum Gasteiger partial charge on any atom is 0.232 e. The molecule has 28 heavy (non-hydrogen) atoms. The number of hydrogen-bond donors (Lipinski definition) is 2. The molecule has 0 spiro atoms. The largest absolute Gasteiger partial charge is 0.507 e. The van der Waals surface area contributed by atoms with Crippen molar-refractivity contribution in [3.63, 3.8) is 0 Å². The number of aromatic nitrogens is 3. The van der Waals surface area contributed by atoms with E-state index in [-0.39, 0.29) is 23.2 Å². The molecule has 2 N–H and O–H groups in total. The number of phenols is 1. The summed E-state index contributed by atoms with van der Waals surface area (Å²) in [7, 11) is 0. The second-order valence-electron chi connectivity index (χ2n) is 7.58. The number of nitrogens with one attached hydrogen (secondary N) is 1. The molecule has 0 amide bonds. The van der Waals surface area contributed by atoms with Crippen LogP contribution in [0.2, 0.25) is 0 Å². The third-order valence-electron chi connectivity index (χ3n) is 5.42. The third-order valence-corrected chi connectivity index (χ3v) is 5.42. The fraction of sp³-hybridized carbons (Fsp3) is 0.286. The van der Waals surface area contributed by atoms with Crippen molar-refractivity contribution in [2.45, 2.75) is 37.2 Å². The molecule has 7 heteroatoms. The van der Waals surface area contributed by atoms with Gasteiger partial charge >= 0.3 is 0 Å². The summed E-state index contributed by atoms with van der Waals surface area (Å²) in [4.78, 5) is 12.7. The standard InChI is InChI=1S/C21H19FN4O2/c1-21-4-2-15(26-21)20(22)18(8-21)28-19-11-24-16(10-25-19)14-6-12-3-5-23-9-13(12)7-17(14)27/h2-7,9-11,15,18,20,26-27H,8H2,1H3/t15-,18+,20+,21+/m1/s1. The maximum atomic E-state index is 14.6. The minimum atomic E-state index is -1.15. The molecule has 0 radical (unpaired) electrons. The number of benzene rings is 1. The molecule has 142 valence electrons. The first-order chi connectivity index (χ1) is 13.5. The first-order valence-electron chi connectivity index (χ1n) is 9.18. The summed E-state index contributed by atoms with van der Waals surface area (Å²) < 4.78 is 20.4. The highest BCUT2D eigenvalue weighted by Gasteiger charge is 2.46. The molecule has 6 nitrogen and oxygen atoms in total. The summed E-state index contributed by atoms with van der Waals surface area (Å²) in [5.74, 6) is 0.368. The van der Waals surface area contributed by atoms with Crippen LogP contribution in [0, 0.1) is 0 Å². The molecule has 5 rings (SSSR count). The average molecular weight is 378 g/mol. The number of nitrogens with zero attached hydrogens (tertiary/aromatic N) is 3. The smallest absolute Gasteiger partial charge is 0.232 e. The van der Waals surface area contributed by atoms with E-state index in [1.54, 1.807) is 18.5 Å². The van der Waals surface area contributed by atoms with Crippen molar-refractivity contribution in [2.24, 2.45) is 0 Å². The fourth-order valence-corrected chi connectivity index (χ4v) is 3.97. The van der Waals surface area contributed by atoms with Gasteiger partial charge in [-0.05, 0) is 30.5 Å². The molecule has 2 aromatic heterocycles. The topological polar surface area (TPSA) is 80.2 Å². The first-order valence-corrected chi connectivity index (χ1v) is 9.18. The van der Waals surface area contributed by atoms with Crippen LogP contribution in [0.5, 0.6) is 11.6 Å². The van der Waals surface area contributed by atoms with Crippen molar-refractivity contribution in [3.05, 3.63) is 55.1 Å². The monoisotopic (exact) mass is 378 g/mol. The van der Waals surface area contributed by atoms with Crippen molar-refractivity contribution in [2.75, 3.05) is 0 Å². The van der Waals surface area contributed by atoms with E-state index >= 15 is 0 Å². The SMILES string of the molecule is C[C@@]12C=C[C@@H](N1)[C@H](F)[C@@H](Oc1cnc(-c3cc4ccncc4cc3O)cn1)C2. The van der Waals surface area contributed by atoms with Crippen molar-refractivity contribution in [1.29, 1.82) is 0 Å². The number of hydrogen-bond acceptors (Lipinski definition) is 6. The van der Waals surface area contributed by atoms with Crippen molar-refractivity contribution in [1.82, 2.24) is 20.3 Å². The highest BCUT2D eigenvalue weighted by Crippen LogP contribution is 2.35. The van der Waals surface area contributed by atoms with E-state index in [9.17, 15) is 9.50 Å². The maximum absolute atomic E-state index is 14.6. The number of rotatable bonds is 3. The highest BCUT2D eigenvalue weighted by atomic mass is 19.1. The second kappa shape index (κ2) is 6.24. The van der Waals surface area contributed by atoms with Crippen molar-refractivity contribution < 1.29 is 14.2 Å². The number of piperidine rings is 1. The molecule has 4 atom stereocenters. The third kappa shape index (κ3) is 2.88. The lowest BCUT2D eigenvalue weighted by Gasteiger charge is -2.38. The minimum absolute atomic E-state index is 0.0984. The summed E-state index contributed by atoms with van der Waals surface area (Å²) in [6.07, 6.45) is 9.03. The molecule has 1 fully saturated rings. The van der Waals surface area contributed by atoms with Gasteiger partial charge in [-0.3, -0.25) is 10.3 Å². The Morgan fingerprint density at radius 2 is 2.11 bits per heavy atom. The number of alkyl halides is 1. The summed E-state index contributed by atoms with van der Waals surface area (Å²) in [5, 5.41) is 15.4. The van der Waals surface area contributed by atoms with Gasteiger partial charge in [0.15, 0.2) is 6.17 Å². The Kier molecular flexibility index (Phi) is 3.80. The summed E-state index contributed by atoms with van der Waals surface area (Å²) in [5.41, 5.74) is 0.828. The zero-order valence-electron chi connectivity index (χ0n) is 15.2. The molecule has 4 heterocycles. The number of pyridine rings is 1. The number of ether oxygens (including phenoxy) is 1. The quantitative estimate of drug-likeness (QED) is 0.682. The molecule has 2 bridgehead atoms. The van der Waals surface area contributed by atoms with Gasteiger partial charge < -0.3 is 9.84 Å². The van der Waals surface area contributed by atoms with Gasteiger partial charge in [-0.25, -0.2) is 14.4 Å². The Morgan fingerprint density at radius 3 is 2.93 bits per heavy atom. The highest BCUT2D eigenvalue weighted by molar-refractivity contribution is 5.89. The average Bonchev–Trinajstić information content (AvgIpc) is 3.04. The van der Waals surface area contributed by atoms with Gasteiger partial charge in [-0.15, -0.1) is 0 Å². The zero-order chi connectivity index (χ0) is 19.3. The molecule has 0 aliphatic carbocycles. The van der Waals surface area contributed by atoms with Gasteiger partial charge in [-0.1, -0.05) is 12.2 Å². The summed E-state index contributed by atoms with van der Waals surface area (Å²) in [6.45, 7) is 2.03. The fourth-order valence-electron chi connectivity index (χ4n) is 3.97. The van der Waals surface area contributed by atoms with Crippen LogP contribution in [0.4, 0.5) is 4.39 Å². The van der Waals surface area contributed by atoms with Crippen LogP contribution < -0.4 is 10.1 Å². The molecular formula is C21H19FN4O2. The molecule has 2 aliphatic heterocycles. The van der Waals surface area contributed by atoms with Crippen LogP contribution in [-0.2, 0) is 0 Å². The van der Waals surface area contributed by atoms with Crippen LogP contribution in [0.3, 0.4) is 0 Å². The van der Waals surface area contributed by atoms with Gasteiger partial charge in [-0.2, -0.15) is 0 Å².